The summed E-state index contributed by atoms with van der Waals surface area (Å²) in [6.45, 7) is 2.56. The first-order valence-electron chi connectivity index (χ1n) is 8.66. The molecule has 6 nitrogen and oxygen atoms in total. The van der Waals surface area contributed by atoms with Crippen LogP contribution in [0.3, 0.4) is 0 Å². The van der Waals surface area contributed by atoms with Gasteiger partial charge in [0.1, 0.15) is 0 Å². The van der Waals surface area contributed by atoms with Crippen LogP contribution in [0.5, 0.6) is 0 Å². The van der Waals surface area contributed by atoms with Gasteiger partial charge in [0, 0.05) is 37.9 Å². The van der Waals surface area contributed by atoms with E-state index in [0.717, 1.165) is 10.6 Å². The third-order valence-electron chi connectivity index (χ3n) is 4.50. The van der Waals surface area contributed by atoms with E-state index >= 15 is 0 Å². The van der Waals surface area contributed by atoms with Crippen molar-refractivity contribution in [2.75, 3.05) is 31.1 Å². The maximum absolute atomic E-state index is 12.7. The van der Waals surface area contributed by atoms with Gasteiger partial charge < -0.3 is 9.80 Å². The van der Waals surface area contributed by atoms with Crippen molar-refractivity contribution in [3.8, 4) is 16.6 Å². The van der Waals surface area contributed by atoms with E-state index < -0.39 is 0 Å². The molecule has 0 aliphatic carbocycles. The summed E-state index contributed by atoms with van der Waals surface area (Å²) in [5.41, 5.74) is 1.97. The van der Waals surface area contributed by atoms with Crippen molar-refractivity contribution in [1.82, 2.24) is 14.9 Å². The molecule has 4 rings (SSSR count). The van der Waals surface area contributed by atoms with Crippen LogP contribution in [0.25, 0.3) is 10.6 Å². The minimum atomic E-state index is -0.0417. The summed E-state index contributed by atoms with van der Waals surface area (Å²) < 4.78 is 0. The number of aromatic nitrogens is 2. The number of benzene rings is 1. The molecule has 1 amide bonds. The van der Waals surface area contributed by atoms with Gasteiger partial charge in [-0.05, 0) is 35.7 Å². The number of rotatable bonds is 3. The second kappa shape index (κ2) is 7.56. The zero-order valence-electron chi connectivity index (χ0n) is 14.6. The molecule has 7 heteroatoms. The van der Waals surface area contributed by atoms with Gasteiger partial charge in [-0.25, -0.2) is 9.97 Å². The Morgan fingerprint density at radius 1 is 1.11 bits per heavy atom. The van der Waals surface area contributed by atoms with Gasteiger partial charge in [0.25, 0.3) is 5.91 Å². The van der Waals surface area contributed by atoms with Gasteiger partial charge in [0.05, 0.1) is 22.2 Å². The Kier molecular flexibility index (Phi) is 4.81. The fourth-order valence-electron chi connectivity index (χ4n) is 3.08. The van der Waals surface area contributed by atoms with E-state index in [0.29, 0.717) is 43.3 Å². The molecule has 1 aliphatic heterocycles. The molecule has 1 fully saturated rings. The molecule has 3 aromatic rings. The third kappa shape index (κ3) is 3.66. The molecule has 0 bridgehead atoms. The van der Waals surface area contributed by atoms with E-state index in [1.54, 1.807) is 41.8 Å². The van der Waals surface area contributed by atoms with Gasteiger partial charge in [-0.15, -0.1) is 11.3 Å². The summed E-state index contributed by atoms with van der Waals surface area (Å²) in [7, 11) is 0. The van der Waals surface area contributed by atoms with E-state index in [1.165, 1.54) is 0 Å². The van der Waals surface area contributed by atoms with Crippen molar-refractivity contribution in [3.63, 3.8) is 0 Å². The van der Waals surface area contributed by atoms with Crippen LogP contribution < -0.4 is 4.90 Å². The standard InChI is InChI=1S/C20H17N5OS/c21-14-15-3-1-4-16(13-15)19(26)24-8-10-25(11-9-24)20-22-7-6-17(23-20)18-5-2-12-27-18/h1-7,12-13H,8-11H2. The molecule has 134 valence electrons. The number of nitriles is 1. The van der Waals surface area contributed by atoms with E-state index in [9.17, 15) is 4.79 Å². The number of anilines is 1. The summed E-state index contributed by atoms with van der Waals surface area (Å²) in [6, 6.07) is 14.9. The summed E-state index contributed by atoms with van der Waals surface area (Å²) in [5.74, 6) is 0.652. The van der Waals surface area contributed by atoms with E-state index in [-0.39, 0.29) is 5.91 Å². The molecule has 1 saturated heterocycles. The molecule has 0 N–H and O–H groups in total. The molecule has 0 atom stereocenters. The number of nitrogens with zero attached hydrogens (tertiary/aromatic N) is 5. The highest BCUT2D eigenvalue weighted by Crippen LogP contribution is 2.24. The van der Waals surface area contributed by atoms with Crippen LogP contribution in [0.15, 0.2) is 54.0 Å². The summed E-state index contributed by atoms with van der Waals surface area (Å²) in [4.78, 5) is 26.8. The van der Waals surface area contributed by atoms with Crippen molar-refractivity contribution < 1.29 is 4.79 Å². The monoisotopic (exact) mass is 375 g/mol. The zero-order chi connectivity index (χ0) is 18.6. The predicted octanol–water partition coefficient (Wildman–Crippen LogP) is 3.04. The molecule has 0 radical (unpaired) electrons. The Hall–Kier alpha value is -3.24. The predicted molar refractivity (Wildman–Crippen MR) is 105 cm³/mol. The van der Waals surface area contributed by atoms with Crippen molar-refractivity contribution >= 4 is 23.2 Å². The van der Waals surface area contributed by atoms with E-state index in [2.05, 4.69) is 20.9 Å². The van der Waals surface area contributed by atoms with Crippen molar-refractivity contribution in [1.29, 1.82) is 5.26 Å². The number of thiophene rings is 1. The van der Waals surface area contributed by atoms with Crippen molar-refractivity contribution in [3.05, 3.63) is 65.2 Å². The lowest BCUT2D eigenvalue weighted by molar-refractivity contribution is 0.0746. The Morgan fingerprint density at radius 2 is 1.96 bits per heavy atom. The number of amides is 1. The van der Waals surface area contributed by atoms with Crippen LogP contribution in [0.2, 0.25) is 0 Å². The first kappa shape index (κ1) is 17.2. The highest BCUT2D eigenvalue weighted by atomic mass is 32.1. The second-order valence-electron chi connectivity index (χ2n) is 6.19. The quantitative estimate of drug-likeness (QED) is 0.703. The summed E-state index contributed by atoms with van der Waals surface area (Å²) >= 11 is 1.65. The van der Waals surface area contributed by atoms with Crippen LogP contribution in [0.1, 0.15) is 15.9 Å². The molecule has 3 heterocycles. The average Bonchev–Trinajstić information content (AvgIpc) is 3.28. The topological polar surface area (TPSA) is 73.1 Å². The molecule has 0 unspecified atom stereocenters. The molecule has 1 aromatic carbocycles. The summed E-state index contributed by atoms with van der Waals surface area (Å²) in [5, 5.41) is 11.0. The minimum Gasteiger partial charge on any atom is -0.337 e. The lowest BCUT2D eigenvalue weighted by atomic mass is 10.1. The van der Waals surface area contributed by atoms with Gasteiger partial charge in [-0.1, -0.05) is 12.1 Å². The fraction of sp³-hybridized carbons (Fsp3) is 0.200. The zero-order valence-corrected chi connectivity index (χ0v) is 15.4. The minimum absolute atomic E-state index is 0.0417. The second-order valence-corrected chi connectivity index (χ2v) is 7.14. The lowest BCUT2D eigenvalue weighted by Crippen LogP contribution is -2.49. The smallest absolute Gasteiger partial charge is 0.254 e. The Balaban J connectivity index is 1.44. The first-order chi connectivity index (χ1) is 13.2. The third-order valence-corrected chi connectivity index (χ3v) is 5.40. The molecular weight excluding hydrogens is 358 g/mol. The van der Waals surface area contributed by atoms with E-state index in [4.69, 9.17) is 5.26 Å². The lowest BCUT2D eigenvalue weighted by Gasteiger charge is -2.34. The largest absolute Gasteiger partial charge is 0.337 e. The number of carbonyl (C=O) groups is 1. The average molecular weight is 375 g/mol. The van der Waals surface area contributed by atoms with Gasteiger partial charge >= 0.3 is 0 Å². The van der Waals surface area contributed by atoms with Crippen LogP contribution in [-0.4, -0.2) is 47.0 Å². The van der Waals surface area contributed by atoms with Crippen LogP contribution >= 0.6 is 11.3 Å². The summed E-state index contributed by atoms with van der Waals surface area (Å²) in [6.07, 6.45) is 1.78. The number of carbonyl (C=O) groups excluding carboxylic acids is 1. The Labute approximate surface area is 161 Å². The van der Waals surface area contributed by atoms with Crippen LogP contribution in [-0.2, 0) is 0 Å². The fourth-order valence-corrected chi connectivity index (χ4v) is 3.77. The maximum Gasteiger partial charge on any atom is 0.254 e. The molecule has 27 heavy (non-hydrogen) atoms. The van der Waals surface area contributed by atoms with Gasteiger partial charge in [-0.2, -0.15) is 5.26 Å². The van der Waals surface area contributed by atoms with Crippen LogP contribution in [0.4, 0.5) is 5.95 Å². The highest BCUT2D eigenvalue weighted by Gasteiger charge is 2.24. The molecular formula is C20H17N5OS. The molecule has 0 saturated carbocycles. The molecule has 0 spiro atoms. The van der Waals surface area contributed by atoms with Gasteiger partial charge in [0.2, 0.25) is 5.95 Å². The number of hydrogen-bond donors (Lipinski definition) is 0. The number of hydrogen-bond acceptors (Lipinski definition) is 6. The van der Waals surface area contributed by atoms with Gasteiger partial charge in [0.15, 0.2) is 0 Å². The first-order valence-corrected chi connectivity index (χ1v) is 9.54. The SMILES string of the molecule is N#Cc1cccc(C(=O)N2CCN(c3nccc(-c4cccs4)n3)CC2)c1. The van der Waals surface area contributed by atoms with E-state index in [1.807, 2.05) is 28.5 Å². The van der Waals surface area contributed by atoms with Gasteiger partial charge in [-0.3, -0.25) is 4.79 Å². The number of piperazine rings is 1. The normalized spacial score (nSPS) is 14.0. The maximum atomic E-state index is 12.7. The Morgan fingerprint density at radius 3 is 2.70 bits per heavy atom. The highest BCUT2D eigenvalue weighted by molar-refractivity contribution is 7.13. The van der Waals surface area contributed by atoms with Crippen molar-refractivity contribution in [2.24, 2.45) is 0 Å². The Bertz CT molecular complexity index is 988. The molecule has 2 aromatic heterocycles. The van der Waals surface area contributed by atoms with Crippen LogP contribution in [0, 0.1) is 11.3 Å². The van der Waals surface area contributed by atoms with Crippen molar-refractivity contribution in [2.45, 2.75) is 0 Å². The molecule has 1 aliphatic rings.